The largest absolute Gasteiger partial charge is 0.248 e. The highest BCUT2D eigenvalue weighted by atomic mass is 14.7. The summed E-state index contributed by atoms with van der Waals surface area (Å²) in [7, 11) is 0. The molecule has 0 radical (unpaired) electrons. The molecule has 10 rings (SSSR count). The molecule has 1 aliphatic rings. The zero-order valence-corrected chi connectivity index (χ0v) is 30.3. The summed E-state index contributed by atoms with van der Waals surface area (Å²) in [6.45, 7) is 0. The van der Waals surface area contributed by atoms with E-state index in [2.05, 4.69) is 224 Å². The Kier molecular flexibility index (Phi) is 8.12. The second kappa shape index (κ2) is 13.7. The molecule has 1 aromatic heterocycles. The van der Waals surface area contributed by atoms with Crippen LogP contribution in [0.1, 0.15) is 22.3 Å². The van der Waals surface area contributed by atoms with E-state index in [-0.39, 0.29) is 0 Å². The lowest BCUT2D eigenvalue weighted by Crippen LogP contribution is -2.29. The Labute approximate surface area is 322 Å². The van der Waals surface area contributed by atoms with Crippen LogP contribution in [0.3, 0.4) is 0 Å². The van der Waals surface area contributed by atoms with E-state index in [0.29, 0.717) is 0 Å². The number of hydrogen-bond acceptors (Lipinski definition) is 1. The molecule has 0 aliphatic heterocycles. The van der Waals surface area contributed by atoms with E-state index in [4.69, 9.17) is 4.98 Å². The van der Waals surface area contributed by atoms with Gasteiger partial charge in [0, 0.05) is 11.1 Å². The second-order valence-corrected chi connectivity index (χ2v) is 14.2. The van der Waals surface area contributed by atoms with Crippen LogP contribution >= 0.6 is 0 Å². The molecule has 0 unspecified atom stereocenters. The van der Waals surface area contributed by atoms with Gasteiger partial charge in [0.2, 0.25) is 0 Å². The molecule has 55 heavy (non-hydrogen) atoms. The monoisotopic (exact) mass is 699 g/mol. The quantitative estimate of drug-likeness (QED) is 0.161. The zero-order valence-electron chi connectivity index (χ0n) is 30.3. The van der Waals surface area contributed by atoms with Crippen molar-refractivity contribution in [2.75, 3.05) is 0 Å². The maximum absolute atomic E-state index is 5.27. The summed E-state index contributed by atoms with van der Waals surface area (Å²) in [5, 5.41) is 0. The first kappa shape index (κ1) is 32.6. The molecule has 8 aromatic carbocycles. The van der Waals surface area contributed by atoms with Crippen molar-refractivity contribution in [2.45, 2.75) is 5.41 Å². The smallest absolute Gasteiger partial charge is 0.0719 e. The molecule has 0 fully saturated rings. The van der Waals surface area contributed by atoms with Gasteiger partial charge in [-0.15, -0.1) is 0 Å². The fourth-order valence-electron chi connectivity index (χ4n) is 8.78. The molecule has 0 atom stereocenters. The van der Waals surface area contributed by atoms with Crippen LogP contribution in [0.5, 0.6) is 0 Å². The van der Waals surface area contributed by atoms with Gasteiger partial charge in [-0.25, -0.2) is 4.98 Å². The summed E-state index contributed by atoms with van der Waals surface area (Å²) in [4.78, 5) is 5.27. The van der Waals surface area contributed by atoms with Crippen LogP contribution in [-0.2, 0) is 5.41 Å². The third-order valence-electron chi connectivity index (χ3n) is 11.2. The Morgan fingerprint density at radius 2 is 0.709 bits per heavy atom. The second-order valence-electron chi connectivity index (χ2n) is 14.2. The molecule has 1 aliphatic carbocycles. The summed E-state index contributed by atoms with van der Waals surface area (Å²) < 4.78 is 0. The number of benzene rings is 8. The molecule has 0 saturated heterocycles. The molecule has 0 amide bonds. The first-order valence-corrected chi connectivity index (χ1v) is 19.0. The number of aromatic nitrogens is 1. The summed E-state index contributed by atoms with van der Waals surface area (Å²) in [5.41, 5.74) is 18.4. The van der Waals surface area contributed by atoms with Crippen LogP contribution in [0.4, 0.5) is 0 Å². The lowest BCUT2D eigenvalue weighted by molar-refractivity contribution is 0.770. The number of rotatable bonds is 7. The fraction of sp³-hybridized carbons (Fsp3) is 0.0185. The molecular weight excluding hydrogens is 663 g/mol. The predicted molar refractivity (Wildman–Crippen MR) is 229 cm³/mol. The van der Waals surface area contributed by atoms with E-state index >= 15 is 0 Å². The van der Waals surface area contributed by atoms with E-state index in [1.807, 2.05) is 0 Å². The maximum atomic E-state index is 5.27. The average molecular weight is 700 g/mol. The van der Waals surface area contributed by atoms with Crippen molar-refractivity contribution in [1.82, 2.24) is 4.98 Å². The highest BCUT2D eigenvalue weighted by Crippen LogP contribution is 2.59. The first-order chi connectivity index (χ1) is 27.3. The van der Waals surface area contributed by atoms with Gasteiger partial charge in [0.25, 0.3) is 0 Å². The van der Waals surface area contributed by atoms with Crippen molar-refractivity contribution in [3.8, 4) is 67.0 Å². The number of hydrogen-bond donors (Lipinski definition) is 0. The van der Waals surface area contributed by atoms with E-state index in [1.165, 1.54) is 55.6 Å². The van der Waals surface area contributed by atoms with E-state index in [0.717, 1.165) is 33.6 Å². The fourth-order valence-corrected chi connectivity index (χ4v) is 8.78. The summed E-state index contributed by atoms with van der Waals surface area (Å²) in [6, 6.07) is 81.3. The van der Waals surface area contributed by atoms with Crippen molar-refractivity contribution >= 4 is 0 Å². The number of pyridine rings is 1. The molecule has 0 bridgehead atoms. The van der Waals surface area contributed by atoms with Crippen molar-refractivity contribution in [1.29, 1.82) is 0 Å². The van der Waals surface area contributed by atoms with Crippen molar-refractivity contribution in [3.05, 3.63) is 247 Å². The van der Waals surface area contributed by atoms with Gasteiger partial charge in [-0.05, 0) is 85.0 Å². The Balaban J connectivity index is 1.18. The molecule has 0 saturated carbocycles. The zero-order chi connectivity index (χ0) is 36.6. The summed E-state index contributed by atoms with van der Waals surface area (Å²) in [6.07, 6.45) is 0. The molecule has 1 heteroatoms. The van der Waals surface area contributed by atoms with E-state index in [9.17, 15) is 0 Å². The Morgan fingerprint density at radius 1 is 0.273 bits per heavy atom. The van der Waals surface area contributed by atoms with Gasteiger partial charge >= 0.3 is 0 Å². The van der Waals surface area contributed by atoms with Gasteiger partial charge in [-0.3, -0.25) is 0 Å². The SMILES string of the molecule is c1ccc(-c2cc(-c3ccccc3)nc(-c3cccc(-c4ccccc4-c4cccc5c4C(c4ccccc4)(c4ccccc4)c4ccccc4-5)c3)c2)cc1. The van der Waals surface area contributed by atoms with E-state index in [1.54, 1.807) is 0 Å². The Morgan fingerprint density at radius 3 is 1.36 bits per heavy atom. The van der Waals surface area contributed by atoms with Crippen molar-refractivity contribution in [2.24, 2.45) is 0 Å². The standard InChI is InChI=1S/C54H37N/c1-5-19-38(20-6-1)42-36-51(39-21-7-2-8-22-39)55-52(37-42)41-24-17-23-40(35-41)45-29-13-14-30-46(45)48-32-18-33-49-47-31-15-16-34-50(47)54(53(48)49,43-25-9-3-10-26-43)44-27-11-4-12-28-44/h1-37H. The summed E-state index contributed by atoms with van der Waals surface area (Å²) >= 11 is 0. The normalized spacial score (nSPS) is 12.5. The molecule has 9 aromatic rings. The molecular formula is C54H37N. The van der Waals surface area contributed by atoms with Gasteiger partial charge in [0.1, 0.15) is 0 Å². The van der Waals surface area contributed by atoms with E-state index < -0.39 is 5.41 Å². The highest BCUT2D eigenvalue weighted by molar-refractivity contribution is 5.96. The van der Waals surface area contributed by atoms with Crippen molar-refractivity contribution in [3.63, 3.8) is 0 Å². The lowest BCUT2D eigenvalue weighted by Gasteiger charge is -2.35. The highest BCUT2D eigenvalue weighted by Gasteiger charge is 2.47. The Bertz CT molecular complexity index is 2690. The average Bonchev–Trinajstić information content (AvgIpc) is 3.59. The van der Waals surface area contributed by atoms with Gasteiger partial charge in [-0.2, -0.15) is 0 Å². The number of fused-ring (bicyclic) bond motifs is 3. The minimum absolute atomic E-state index is 0.504. The van der Waals surface area contributed by atoms with Gasteiger partial charge < -0.3 is 0 Å². The van der Waals surface area contributed by atoms with Crippen LogP contribution in [-0.4, -0.2) is 4.98 Å². The lowest BCUT2D eigenvalue weighted by atomic mass is 9.66. The third-order valence-corrected chi connectivity index (χ3v) is 11.2. The van der Waals surface area contributed by atoms with Crippen LogP contribution in [0.15, 0.2) is 224 Å². The van der Waals surface area contributed by atoms with Gasteiger partial charge in [-0.1, -0.05) is 206 Å². The summed E-state index contributed by atoms with van der Waals surface area (Å²) in [5.74, 6) is 0. The molecule has 258 valence electrons. The van der Waals surface area contributed by atoms with Gasteiger partial charge in [0.15, 0.2) is 0 Å². The molecule has 0 spiro atoms. The van der Waals surface area contributed by atoms with Crippen LogP contribution in [0.2, 0.25) is 0 Å². The van der Waals surface area contributed by atoms with Crippen LogP contribution in [0, 0.1) is 0 Å². The third kappa shape index (κ3) is 5.52. The van der Waals surface area contributed by atoms with Crippen LogP contribution < -0.4 is 0 Å². The first-order valence-electron chi connectivity index (χ1n) is 19.0. The Hall–Kier alpha value is -7.09. The van der Waals surface area contributed by atoms with Crippen molar-refractivity contribution < 1.29 is 0 Å². The minimum Gasteiger partial charge on any atom is -0.248 e. The van der Waals surface area contributed by atoms with Gasteiger partial charge in [0.05, 0.1) is 16.8 Å². The molecule has 1 nitrogen and oxygen atoms in total. The minimum atomic E-state index is -0.504. The molecule has 1 heterocycles. The predicted octanol–water partition coefficient (Wildman–Crippen LogP) is 13.8. The molecule has 0 N–H and O–H groups in total. The van der Waals surface area contributed by atoms with Crippen LogP contribution in [0.25, 0.3) is 67.0 Å². The maximum Gasteiger partial charge on any atom is 0.0719 e. The topological polar surface area (TPSA) is 12.9 Å². The number of nitrogens with zero attached hydrogens (tertiary/aromatic N) is 1.